The Morgan fingerprint density at radius 2 is 2.19 bits per heavy atom. The summed E-state index contributed by atoms with van der Waals surface area (Å²) in [6.07, 6.45) is 2.17. The number of hydrogen-bond acceptors (Lipinski definition) is 4. The van der Waals surface area contributed by atoms with Crippen molar-refractivity contribution < 1.29 is 19.0 Å². The molecule has 1 amide bonds. The average Bonchev–Trinajstić information content (AvgIpc) is 2.64. The summed E-state index contributed by atoms with van der Waals surface area (Å²) in [5, 5.41) is 9.93. The van der Waals surface area contributed by atoms with Gasteiger partial charge < -0.3 is 14.7 Å². The van der Waals surface area contributed by atoms with Gasteiger partial charge in [-0.25, -0.2) is 4.39 Å². The minimum absolute atomic E-state index is 0.0368. The van der Waals surface area contributed by atoms with Crippen LogP contribution in [0.5, 0.6) is 0 Å². The van der Waals surface area contributed by atoms with Crippen molar-refractivity contribution in [3.8, 4) is 0 Å². The predicted octanol–water partition coefficient (Wildman–Crippen LogP) is 1.90. The third-order valence-electron chi connectivity index (χ3n) is 4.68. The summed E-state index contributed by atoms with van der Waals surface area (Å²) >= 11 is 0. The first-order valence-corrected chi connectivity index (χ1v) is 8.69. The molecule has 1 aliphatic heterocycles. The number of aliphatic hydroxyl groups excluding tert-OH is 1. The zero-order chi connectivity index (χ0) is 18.6. The third kappa shape index (κ3) is 4.26. The van der Waals surface area contributed by atoms with Crippen molar-refractivity contribution in [2.45, 2.75) is 25.4 Å². The van der Waals surface area contributed by atoms with E-state index in [1.807, 2.05) is 19.1 Å². The van der Waals surface area contributed by atoms with Crippen LogP contribution in [0.2, 0.25) is 0 Å². The van der Waals surface area contributed by atoms with Crippen molar-refractivity contribution in [1.29, 1.82) is 0 Å². The molecule has 1 N–H and O–H groups in total. The number of rotatable bonds is 5. The van der Waals surface area contributed by atoms with E-state index in [4.69, 9.17) is 4.74 Å². The molecule has 0 spiro atoms. The van der Waals surface area contributed by atoms with Crippen molar-refractivity contribution in [3.63, 3.8) is 0 Å². The molecule has 3 rings (SSSR count). The number of aromatic nitrogens is 1. The highest BCUT2D eigenvalue weighted by atomic mass is 19.1. The van der Waals surface area contributed by atoms with E-state index in [1.54, 1.807) is 29.3 Å². The molecule has 1 fully saturated rings. The largest absolute Gasteiger partial charge is 0.393 e. The van der Waals surface area contributed by atoms with Crippen LogP contribution in [0, 0.1) is 12.7 Å². The van der Waals surface area contributed by atoms with Crippen LogP contribution in [0.15, 0.2) is 42.6 Å². The second kappa shape index (κ2) is 7.93. The lowest BCUT2D eigenvalue weighted by molar-refractivity contribution is -0.157. The summed E-state index contributed by atoms with van der Waals surface area (Å²) in [5.74, 6) is -0.370. The maximum absolute atomic E-state index is 14.0. The first-order chi connectivity index (χ1) is 12.5. The molecule has 6 heteroatoms. The molecule has 0 bridgehead atoms. The van der Waals surface area contributed by atoms with Crippen LogP contribution >= 0.6 is 0 Å². The highest BCUT2D eigenvalue weighted by Crippen LogP contribution is 2.25. The molecule has 26 heavy (non-hydrogen) atoms. The summed E-state index contributed by atoms with van der Waals surface area (Å²) < 4.78 is 19.8. The van der Waals surface area contributed by atoms with E-state index in [-0.39, 0.29) is 37.7 Å². The molecule has 138 valence electrons. The lowest BCUT2D eigenvalue weighted by Crippen LogP contribution is -2.57. The minimum Gasteiger partial charge on any atom is -0.393 e. The van der Waals surface area contributed by atoms with Gasteiger partial charge >= 0.3 is 0 Å². The first-order valence-electron chi connectivity index (χ1n) is 8.69. The standard InChI is InChI=1S/C20H23FN2O3/c1-15-10-16(6-7-22-15)11-19(25)23-8-9-26-20(13-23,14-24)12-17-4-2-3-5-18(17)21/h2-7,10,24H,8-9,11-14H2,1H3/t20-/m0/s1. The maximum atomic E-state index is 14.0. The van der Waals surface area contributed by atoms with Gasteiger partial charge in [0.05, 0.1) is 26.2 Å². The number of halogens is 1. The van der Waals surface area contributed by atoms with Gasteiger partial charge in [0.2, 0.25) is 5.91 Å². The van der Waals surface area contributed by atoms with Gasteiger partial charge in [0.25, 0.3) is 0 Å². The zero-order valence-corrected chi connectivity index (χ0v) is 14.8. The molecular weight excluding hydrogens is 335 g/mol. The fourth-order valence-corrected chi connectivity index (χ4v) is 3.31. The zero-order valence-electron chi connectivity index (χ0n) is 14.8. The highest BCUT2D eigenvalue weighted by molar-refractivity contribution is 5.79. The second-order valence-corrected chi connectivity index (χ2v) is 6.76. The maximum Gasteiger partial charge on any atom is 0.227 e. The van der Waals surface area contributed by atoms with Crippen LogP contribution in [0.3, 0.4) is 0 Å². The van der Waals surface area contributed by atoms with E-state index in [0.717, 1.165) is 11.3 Å². The number of pyridine rings is 1. The number of aliphatic hydroxyl groups is 1. The SMILES string of the molecule is Cc1cc(CC(=O)N2CCO[C@@](CO)(Cc3ccccc3F)C2)ccn1. The Hall–Kier alpha value is -2.31. The molecule has 0 radical (unpaired) electrons. The molecule has 2 heterocycles. The van der Waals surface area contributed by atoms with Gasteiger partial charge in [-0.05, 0) is 36.2 Å². The topological polar surface area (TPSA) is 62.7 Å². The fraction of sp³-hybridized carbons (Fsp3) is 0.400. The summed E-state index contributed by atoms with van der Waals surface area (Å²) in [6.45, 7) is 2.62. The summed E-state index contributed by atoms with van der Waals surface area (Å²) in [6, 6.07) is 10.1. The molecule has 0 saturated carbocycles. The van der Waals surface area contributed by atoms with Crippen LogP contribution < -0.4 is 0 Å². The van der Waals surface area contributed by atoms with Crippen LogP contribution in [0.25, 0.3) is 0 Å². The van der Waals surface area contributed by atoms with Gasteiger partial charge in [-0.15, -0.1) is 0 Å². The normalized spacial score (nSPS) is 20.2. The molecule has 1 aromatic heterocycles. The van der Waals surface area contributed by atoms with Gasteiger partial charge in [-0.1, -0.05) is 18.2 Å². The molecule has 0 unspecified atom stereocenters. The number of aryl methyl sites for hydroxylation is 1. The van der Waals surface area contributed by atoms with Crippen LogP contribution in [0.4, 0.5) is 4.39 Å². The van der Waals surface area contributed by atoms with Gasteiger partial charge in [0.15, 0.2) is 0 Å². The number of hydrogen-bond donors (Lipinski definition) is 1. The van der Waals surface area contributed by atoms with Gasteiger partial charge in [-0.2, -0.15) is 0 Å². The smallest absolute Gasteiger partial charge is 0.227 e. The van der Waals surface area contributed by atoms with E-state index in [9.17, 15) is 14.3 Å². The Balaban J connectivity index is 1.72. The molecule has 5 nitrogen and oxygen atoms in total. The Bertz CT molecular complexity index is 783. The van der Waals surface area contributed by atoms with Crippen molar-refractivity contribution >= 4 is 5.91 Å². The lowest BCUT2D eigenvalue weighted by Gasteiger charge is -2.42. The van der Waals surface area contributed by atoms with Crippen molar-refractivity contribution in [3.05, 3.63) is 65.2 Å². The van der Waals surface area contributed by atoms with Gasteiger partial charge in [0.1, 0.15) is 11.4 Å². The van der Waals surface area contributed by atoms with Gasteiger partial charge in [0, 0.05) is 24.9 Å². The van der Waals surface area contributed by atoms with Crippen LogP contribution in [0.1, 0.15) is 16.8 Å². The first kappa shape index (κ1) is 18.5. The van der Waals surface area contributed by atoms with E-state index < -0.39 is 5.60 Å². The quantitative estimate of drug-likeness (QED) is 0.887. The van der Waals surface area contributed by atoms with Crippen molar-refractivity contribution in [2.75, 3.05) is 26.3 Å². The van der Waals surface area contributed by atoms with E-state index in [0.29, 0.717) is 18.7 Å². The number of amides is 1. The Labute approximate surface area is 152 Å². The highest BCUT2D eigenvalue weighted by Gasteiger charge is 2.38. The minimum atomic E-state index is -0.982. The average molecular weight is 358 g/mol. The number of carbonyl (C=O) groups excluding carboxylic acids is 1. The molecule has 1 aliphatic rings. The summed E-state index contributed by atoms with van der Waals surface area (Å²) in [5.41, 5.74) is 1.25. The van der Waals surface area contributed by atoms with Crippen LogP contribution in [-0.2, 0) is 22.4 Å². The lowest BCUT2D eigenvalue weighted by atomic mass is 9.92. The Kier molecular flexibility index (Phi) is 5.64. The monoisotopic (exact) mass is 358 g/mol. The molecule has 1 atom stereocenters. The number of morpholine rings is 1. The van der Waals surface area contributed by atoms with Gasteiger partial charge in [-0.3, -0.25) is 9.78 Å². The Morgan fingerprint density at radius 3 is 2.92 bits per heavy atom. The van der Waals surface area contributed by atoms with Crippen molar-refractivity contribution in [2.24, 2.45) is 0 Å². The number of benzene rings is 1. The predicted molar refractivity (Wildman–Crippen MR) is 95.1 cm³/mol. The molecular formula is C20H23FN2O3. The molecule has 2 aromatic rings. The second-order valence-electron chi connectivity index (χ2n) is 6.76. The summed E-state index contributed by atoms with van der Waals surface area (Å²) in [7, 11) is 0. The third-order valence-corrected chi connectivity index (χ3v) is 4.68. The number of carbonyl (C=O) groups is 1. The Morgan fingerprint density at radius 1 is 1.38 bits per heavy atom. The number of nitrogens with zero attached hydrogens (tertiary/aromatic N) is 2. The van der Waals surface area contributed by atoms with Crippen molar-refractivity contribution in [1.82, 2.24) is 9.88 Å². The number of ether oxygens (including phenoxy) is 1. The van der Waals surface area contributed by atoms with E-state index in [1.165, 1.54) is 6.07 Å². The van der Waals surface area contributed by atoms with E-state index in [2.05, 4.69) is 4.98 Å². The molecule has 0 aliphatic carbocycles. The summed E-state index contributed by atoms with van der Waals surface area (Å²) in [4.78, 5) is 18.5. The molecule has 1 aromatic carbocycles. The fourth-order valence-electron chi connectivity index (χ4n) is 3.31. The van der Waals surface area contributed by atoms with E-state index >= 15 is 0 Å². The van der Waals surface area contributed by atoms with Crippen LogP contribution in [-0.4, -0.2) is 52.8 Å². The molecule has 1 saturated heterocycles.